The largest absolute Gasteiger partial charge is 0.327 e. The van der Waals surface area contributed by atoms with Gasteiger partial charge in [-0.25, -0.2) is 22.5 Å². The van der Waals surface area contributed by atoms with Crippen molar-refractivity contribution in [1.29, 1.82) is 0 Å². The van der Waals surface area contributed by atoms with Crippen LogP contribution in [0.3, 0.4) is 0 Å². The summed E-state index contributed by atoms with van der Waals surface area (Å²) in [7, 11) is -0.709. The van der Waals surface area contributed by atoms with Crippen LogP contribution in [-0.2, 0) is 10.0 Å². The maximum Gasteiger partial charge on any atom is 0.321 e. The van der Waals surface area contributed by atoms with E-state index in [9.17, 15) is 13.2 Å². The number of anilines is 1. The van der Waals surface area contributed by atoms with Crippen LogP contribution in [0.15, 0.2) is 77.8 Å². The summed E-state index contributed by atoms with van der Waals surface area (Å²) in [5, 5.41) is 6.11. The van der Waals surface area contributed by atoms with Gasteiger partial charge in [-0.2, -0.15) is 0 Å². The highest BCUT2D eigenvalue weighted by atomic mass is 35.5. The number of carbonyl (C=O) groups is 1. The molecule has 3 aromatic rings. The van der Waals surface area contributed by atoms with E-state index in [-0.39, 0.29) is 10.7 Å². The van der Waals surface area contributed by atoms with Gasteiger partial charge >= 0.3 is 6.03 Å². The first-order valence-corrected chi connectivity index (χ1v) is 10.9. The van der Waals surface area contributed by atoms with E-state index in [0.29, 0.717) is 5.02 Å². The Morgan fingerprint density at radius 1 is 1.00 bits per heavy atom. The molecule has 0 bridgehead atoms. The molecule has 0 spiro atoms. The second kappa shape index (κ2) is 9.25. The highest BCUT2D eigenvalue weighted by molar-refractivity contribution is 7.89. The van der Waals surface area contributed by atoms with Crippen LogP contribution in [0.25, 0.3) is 0 Å². The van der Waals surface area contributed by atoms with Crippen molar-refractivity contribution in [3.05, 3.63) is 89.1 Å². The van der Waals surface area contributed by atoms with Gasteiger partial charge in [0.15, 0.2) is 0 Å². The lowest BCUT2D eigenvalue weighted by atomic mass is 9.99. The topological polar surface area (TPSA) is 91.4 Å². The number of hydrogen-bond acceptors (Lipinski definition) is 4. The van der Waals surface area contributed by atoms with E-state index in [1.807, 2.05) is 42.5 Å². The summed E-state index contributed by atoms with van der Waals surface area (Å²) >= 11 is 6.13. The summed E-state index contributed by atoms with van der Waals surface area (Å²) in [5.41, 5.74) is 1.71. The number of urea groups is 1. The maximum atomic E-state index is 12.6. The van der Waals surface area contributed by atoms with Crippen molar-refractivity contribution in [2.75, 3.05) is 19.4 Å². The van der Waals surface area contributed by atoms with Crippen LogP contribution >= 0.6 is 11.6 Å². The lowest BCUT2D eigenvalue weighted by Gasteiger charge is -2.20. The minimum absolute atomic E-state index is 0.0412. The highest BCUT2D eigenvalue weighted by Crippen LogP contribution is 2.24. The molecule has 0 radical (unpaired) electrons. The number of hydrogen-bond donors (Lipinski definition) is 2. The van der Waals surface area contributed by atoms with E-state index in [1.54, 1.807) is 12.1 Å². The van der Waals surface area contributed by atoms with Crippen molar-refractivity contribution in [1.82, 2.24) is 14.6 Å². The predicted molar refractivity (Wildman–Crippen MR) is 117 cm³/mol. The second-order valence-corrected chi connectivity index (χ2v) is 9.25. The molecule has 1 unspecified atom stereocenters. The van der Waals surface area contributed by atoms with Crippen molar-refractivity contribution in [3.63, 3.8) is 0 Å². The Kier molecular flexibility index (Phi) is 6.71. The fourth-order valence-electron chi connectivity index (χ4n) is 2.79. The molecule has 0 saturated heterocycles. The van der Waals surface area contributed by atoms with Gasteiger partial charge in [0.1, 0.15) is 10.7 Å². The molecule has 2 aromatic carbocycles. The average molecular weight is 445 g/mol. The number of amides is 2. The predicted octanol–water partition coefficient (Wildman–Crippen LogP) is 3.90. The fourth-order valence-corrected chi connectivity index (χ4v) is 3.84. The van der Waals surface area contributed by atoms with E-state index < -0.39 is 22.1 Å². The summed E-state index contributed by atoms with van der Waals surface area (Å²) in [6, 6.07) is 18.6. The quantitative estimate of drug-likeness (QED) is 0.603. The fraction of sp³-hybridized carbons (Fsp3) is 0.143. The first-order valence-electron chi connectivity index (χ1n) is 9.04. The first-order chi connectivity index (χ1) is 14.3. The normalized spacial score (nSPS) is 12.4. The van der Waals surface area contributed by atoms with Crippen LogP contribution in [0.4, 0.5) is 10.6 Å². The molecule has 0 aliphatic rings. The summed E-state index contributed by atoms with van der Waals surface area (Å²) in [6.45, 7) is 0. The summed E-state index contributed by atoms with van der Waals surface area (Å²) in [5.74, 6) is 0.225. The Labute approximate surface area is 180 Å². The van der Waals surface area contributed by atoms with Gasteiger partial charge in [-0.1, -0.05) is 54.1 Å². The number of nitrogens with zero attached hydrogens (tertiary/aromatic N) is 2. The van der Waals surface area contributed by atoms with Gasteiger partial charge in [0, 0.05) is 25.3 Å². The Morgan fingerprint density at radius 3 is 2.30 bits per heavy atom. The number of rotatable bonds is 6. The third-order valence-electron chi connectivity index (χ3n) is 4.35. The molecule has 0 aliphatic heterocycles. The number of benzene rings is 2. The number of aromatic nitrogens is 1. The molecule has 0 saturated carbocycles. The van der Waals surface area contributed by atoms with Crippen LogP contribution in [0.5, 0.6) is 0 Å². The van der Waals surface area contributed by atoms with E-state index in [4.69, 9.17) is 11.6 Å². The lowest BCUT2D eigenvalue weighted by Crippen LogP contribution is -2.33. The molecule has 0 aliphatic carbocycles. The SMILES string of the molecule is CN(C)S(=O)(=O)c1ccc(NC(=O)NC(c2ccccc2)c2cccc(Cl)c2)nc1. The Morgan fingerprint density at radius 2 is 1.70 bits per heavy atom. The van der Waals surface area contributed by atoms with E-state index in [2.05, 4.69) is 15.6 Å². The van der Waals surface area contributed by atoms with Gasteiger partial charge in [0.2, 0.25) is 10.0 Å². The van der Waals surface area contributed by atoms with Gasteiger partial charge in [-0.15, -0.1) is 0 Å². The van der Waals surface area contributed by atoms with E-state index >= 15 is 0 Å². The van der Waals surface area contributed by atoms with Crippen LogP contribution in [0, 0.1) is 0 Å². The van der Waals surface area contributed by atoms with Crippen molar-refractivity contribution in [3.8, 4) is 0 Å². The van der Waals surface area contributed by atoms with Crippen molar-refractivity contribution in [2.24, 2.45) is 0 Å². The van der Waals surface area contributed by atoms with Crippen molar-refractivity contribution >= 4 is 33.5 Å². The number of halogens is 1. The maximum absolute atomic E-state index is 12.6. The molecule has 156 valence electrons. The van der Waals surface area contributed by atoms with Crippen molar-refractivity contribution in [2.45, 2.75) is 10.9 Å². The average Bonchev–Trinajstić information content (AvgIpc) is 2.73. The minimum atomic E-state index is -3.59. The number of nitrogens with one attached hydrogen (secondary N) is 2. The lowest BCUT2D eigenvalue weighted by molar-refractivity contribution is 0.250. The molecule has 0 fully saturated rings. The highest BCUT2D eigenvalue weighted by Gasteiger charge is 2.19. The molecule has 1 atom stereocenters. The molecule has 9 heteroatoms. The summed E-state index contributed by atoms with van der Waals surface area (Å²) in [6.07, 6.45) is 1.20. The van der Waals surface area contributed by atoms with E-state index in [0.717, 1.165) is 15.4 Å². The Bertz CT molecular complexity index is 1120. The van der Waals surface area contributed by atoms with Crippen LogP contribution in [0.2, 0.25) is 5.02 Å². The molecule has 1 heterocycles. The minimum Gasteiger partial charge on any atom is -0.327 e. The Hall–Kier alpha value is -2.94. The van der Waals surface area contributed by atoms with Gasteiger partial charge < -0.3 is 5.32 Å². The molecule has 30 heavy (non-hydrogen) atoms. The summed E-state index contributed by atoms with van der Waals surface area (Å²) in [4.78, 5) is 16.7. The first kappa shape index (κ1) is 21.8. The molecular weight excluding hydrogens is 424 g/mol. The van der Waals surface area contributed by atoms with Crippen molar-refractivity contribution < 1.29 is 13.2 Å². The molecule has 7 nitrogen and oxygen atoms in total. The van der Waals surface area contributed by atoms with Gasteiger partial charge in [0.05, 0.1) is 6.04 Å². The smallest absolute Gasteiger partial charge is 0.321 e. The van der Waals surface area contributed by atoms with Gasteiger partial charge in [-0.05, 0) is 35.4 Å². The van der Waals surface area contributed by atoms with Crippen LogP contribution in [-0.4, -0.2) is 37.8 Å². The van der Waals surface area contributed by atoms with Crippen LogP contribution in [0.1, 0.15) is 17.2 Å². The molecular formula is C21H21ClN4O3S. The zero-order chi connectivity index (χ0) is 21.7. The molecule has 2 amide bonds. The molecule has 3 rings (SSSR count). The van der Waals surface area contributed by atoms with Gasteiger partial charge in [-0.3, -0.25) is 5.32 Å². The van der Waals surface area contributed by atoms with Gasteiger partial charge in [0.25, 0.3) is 0 Å². The third-order valence-corrected chi connectivity index (χ3v) is 6.38. The number of pyridine rings is 1. The van der Waals surface area contributed by atoms with E-state index in [1.165, 1.54) is 32.4 Å². The molecule has 1 aromatic heterocycles. The zero-order valence-corrected chi connectivity index (χ0v) is 18.0. The standard InChI is InChI=1S/C21H21ClN4O3S/c1-26(2)30(28,29)18-11-12-19(23-14-18)24-21(27)25-20(15-7-4-3-5-8-15)16-9-6-10-17(22)13-16/h3-14,20H,1-2H3,(H2,23,24,25,27). The Balaban J connectivity index is 1.78. The second-order valence-electron chi connectivity index (χ2n) is 6.66. The summed E-state index contributed by atoms with van der Waals surface area (Å²) < 4.78 is 25.4. The molecule has 2 N–H and O–H groups in total. The zero-order valence-electron chi connectivity index (χ0n) is 16.4. The monoisotopic (exact) mass is 444 g/mol. The van der Waals surface area contributed by atoms with Crippen LogP contribution < -0.4 is 10.6 Å². The third kappa shape index (κ3) is 5.15. The number of carbonyl (C=O) groups excluding carboxylic acids is 1. The number of sulfonamides is 1.